The van der Waals surface area contributed by atoms with E-state index in [2.05, 4.69) is 17.6 Å². The number of halogens is 1. The summed E-state index contributed by atoms with van der Waals surface area (Å²) in [6.45, 7) is 4.06. The van der Waals surface area contributed by atoms with Crippen molar-refractivity contribution in [1.82, 2.24) is 5.32 Å². The number of carboxylic acid groups (broad SMARTS) is 1. The van der Waals surface area contributed by atoms with Gasteiger partial charge in [-0.25, -0.2) is 9.59 Å². The SMILES string of the molecule is CCCC(CC)NC(=O)Nc1cc(Cl)cc(C(=O)O)c1. The molecule has 0 aliphatic carbocycles. The van der Waals surface area contributed by atoms with Crippen molar-refractivity contribution < 1.29 is 14.7 Å². The molecule has 5 nitrogen and oxygen atoms in total. The van der Waals surface area contributed by atoms with Crippen LogP contribution in [0.25, 0.3) is 0 Å². The molecule has 0 radical (unpaired) electrons. The molecule has 0 aromatic heterocycles. The lowest BCUT2D eigenvalue weighted by molar-refractivity contribution is 0.0697. The van der Waals surface area contributed by atoms with Crippen LogP contribution < -0.4 is 10.6 Å². The molecule has 1 aromatic carbocycles. The highest BCUT2D eigenvalue weighted by atomic mass is 35.5. The lowest BCUT2D eigenvalue weighted by atomic mass is 10.1. The van der Waals surface area contributed by atoms with Gasteiger partial charge in [0.1, 0.15) is 0 Å². The van der Waals surface area contributed by atoms with Crippen molar-refractivity contribution in [2.45, 2.75) is 39.2 Å². The first-order valence-corrected chi connectivity index (χ1v) is 6.95. The molecule has 6 heteroatoms. The number of aromatic carboxylic acids is 1. The molecule has 2 amide bonds. The highest BCUT2D eigenvalue weighted by molar-refractivity contribution is 6.31. The van der Waals surface area contributed by atoms with Gasteiger partial charge in [-0.05, 0) is 31.0 Å². The van der Waals surface area contributed by atoms with Crippen LogP contribution >= 0.6 is 11.6 Å². The standard InChI is InChI=1S/C14H19ClN2O3/c1-3-5-11(4-2)16-14(20)17-12-7-9(13(18)19)6-10(15)8-12/h6-8,11H,3-5H2,1-2H3,(H,18,19)(H2,16,17,20). The average Bonchev–Trinajstić information content (AvgIpc) is 2.37. The number of carboxylic acids is 1. The Morgan fingerprint density at radius 3 is 2.55 bits per heavy atom. The fourth-order valence-corrected chi connectivity index (χ4v) is 2.10. The largest absolute Gasteiger partial charge is 0.478 e. The van der Waals surface area contributed by atoms with Crippen LogP contribution in [-0.4, -0.2) is 23.1 Å². The lowest BCUT2D eigenvalue weighted by Gasteiger charge is -2.16. The Hall–Kier alpha value is -1.75. The van der Waals surface area contributed by atoms with Gasteiger partial charge in [0, 0.05) is 16.8 Å². The van der Waals surface area contributed by atoms with E-state index in [4.69, 9.17) is 16.7 Å². The molecule has 0 aliphatic heterocycles. The van der Waals surface area contributed by atoms with Crippen molar-refractivity contribution >= 4 is 29.3 Å². The molecular formula is C14H19ClN2O3. The molecule has 0 saturated carbocycles. The topological polar surface area (TPSA) is 78.4 Å². The van der Waals surface area contributed by atoms with E-state index in [0.717, 1.165) is 19.3 Å². The van der Waals surface area contributed by atoms with Gasteiger partial charge in [0.2, 0.25) is 0 Å². The molecule has 3 N–H and O–H groups in total. The number of hydrogen-bond donors (Lipinski definition) is 3. The van der Waals surface area contributed by atoms with E-state index >= 15 is 0 Å². The first kappa shape index (κ1) is 16.3. The van der Waals surface area contributed by atoms with Gasteiger partial charge in [-0.3, -0.25) is 0 Å². The van der Waals surface area contributed by atoms with Crippen molar-refractivity contribution in [3.63, 3.8) is 0 Å². The molecule has 0 spiro atoms. The molecule has 0 bridgehead atoms. The molecule has 0 aliphatic rings. The van der Waals surface area contributed by atoms with Gasteiger partial charge in [-0.15, -0.1) is 0 Å². The van der Waals surface area contributed by atoms with Gasteiger partial charge < -0.3 is 15.7 Å². The summed E-state index contributed by atoms with van der Waals surface area (Å²) in [5.41, 5.74) is 0.396. The van der Waals surface area contributed by atoms with Gasteiger partial charge in [0.25, 0.3) is 0 Å². The zero-order valence-electron chi connectivity index (χ0n) is 11.6. The van der Waals surface area contributed by atoms with Crippen molar-refractivity contribution in [3.05, 3.63) is 28.8 Å². The van der Waals surface area contributed by atoms with E-state index in [0.29, 0.717) is 5.69 Å². The highest BCUT2D eigenvalue weighted by Crippen LogP contribution is 2.19. The third-order valence-corrected chi connectivity index (χ3v) is 3.09. The van der Waals surface area contributed by atoms with E-state index in [1.54, 1.807) is 0 Å². The van der Waals surface area contributed by atoms with Gasteiger partial charge in [-0.2, -0.15) is 0 Å². The van der Waals surface area contributed by atoms with E-state index in [-0.39, 0.29) is 22.7 Å². The maximum absolute atomic E-state index is 11.8. The second-order valence-electron chi connectivity index (χ2n) is 4.53. The summed E-state index contributed by atoms with van der Waals surface area (Å²) in [7, 11) is 0. The number of hydrogen-bond acceptors (Lipinski definition) is 2. The second-order valence-corrected chi connectivity index (χ2v) is 4.96. The van der Waals surface area contributed by atoms with Crippen molar-refractivity contribution in [2.24, 2.45) is 0 Å². The normalized spacial score (nSPS) is 11.8. The Morgan fingerprint density at radius 1 is 1.30 bits per heavy atom. The number of carbonyl (C=O) groups excluding carboxylic acids is 1. The predicted octanol–water partition coefficient (Wildman–Crippen LogP) is 3.74. The third kappa shape index (κ3) is 5.09. The second kappa shape index (κ2) is 7.75. The van der Waals surface area contributed by atoms with Crippen LogP contribution in [-0.2, 0) is 0 Å². The average molecular weight is 299 g/mol. The minimum Gasteiger partial charge on any atom is -0.478 e. The fourth-order valence-electron chi connectivity index (χ4n) is 1.86. The van der Waals surface area contributed by atoms with Crippen LogP contribution in [0.3, 0.4) is 0 Å². The van der Waals surface area contributed by atoms with Crippen LogP contribution in [0.1, 0.15) is 43.5 Å². The van der Waals surface area contributed by atoms with Gasteiger partial charge >= 0.3 is 12.0 Å². The minimum absolute atomic E-state index is 0.0356. The van der Waals surface area contributed by atoms with Crippen LogP contribution in [0.2, 0.25) is 5.02 Å². The summed E-state index contributed by atoms with van der Waals surface area (Å²) in [4.78, 5) is 22.7. The molecule has 0 heterocycles. The molecule has 1 unspecified atom stereocenters. The maximum Gasteiger partial charge on any atom is 0.335 e. The fraction of sp³-hybridized carbons (Fsp3) is 0.429. The molecule has 20 heavy (non-hydrogen) atoms. The summed E-state index contributed by atoms with van der Waals surface area (Å²) in [5, 5.41) is 14.6. The van der Waals surface area contributed by atoms with Gasteiger partial charge in [0.15, 0.2) is 0 Å². The molecule has 110 valence electrons. The molecule has 1 atom stereocenters. The summed E-state index contributed by atoms with van der Waals surface area (Å²) in [6.07, 6.45) is 2.73. The van der Waals surface area contributed by atoms with Crippen molar-refractivity contribution in [2.75, 3.05) is 5.32 Å². The number of anilines is 1. The Bertz CT molecular complexity index is 491. The lowest BCUT2D eigenvalue weighted by Crippen LogP contribution is -2.37. The quantitative estimate of drug-likeness (QED) is 0.748. The zero-order chi connectivity index (χ0) is 15.1. The van der Waals surface area contributed by atoms with E-state index in [1.165, 1.54) is 18.2 Å². The molecule has 1 rings (SSSR count). The van der Waals surface area contributed by atoms with Gasteiger partial charge in [-0.1, -0.05) is 31.9 Å². The Labute approximate surface area is 123 Å². The third-order valence-electron chi connectivity index (χ3n) is 2.87. The molecule has 0 saturated heterocycles. The Morgan fingerprint density at radius 2 is 2.00 bits per heavy atom. The number of benzene rings is 1. The smallest absolute Gasteiger partial charge is 0.335 e. The number of urea groups is 1. The first-order valence-electron chi connectivity index (χ1n) is 6.57. The van der Waals surface area contributed by atoms with Crippen molar-refractivity contribution in [1.29, 1.82) is 0 Å². The Balaban J connectivity index is 2.72. The van der Waals surface area contributed by atoms with E-state index in [9.17, 15) is 9.59 Å². The zero-order valence-corrected chi connectivity index (χ0v) is 12.3. The van der Waals surface area contributed by atoms with E-state index < -0.39 is 5.97 Å². The summed E-state index contributed by atoms with van der Waals surface area (Å²) >= 11 is 5.83. The molecule has 1 aromatic rings. The molecular weight excluding hydrogens is 280 g/mol. The summed E-state index contributed by atoms with van der Waals surface area (Å²) in [5.74, 6) is -1.09. The number of nitrogens with one attached hydrogen (secondary N) is 2. The molecule has 0 fully saturated rings. The van der Waals surface area contributed by atoms with Crippen LogP contribution in [0, 0.1) is 0 Å². The first-order chi connectivity index (χ1) is 9.46. The van der Waals surface area contributed by atoms with Crippen molar-refractivity contribution in [3.8, 4) is 0 Å². The monoisotopic (exact) mass is 298 g/mol. The highest BCUT2D eigenvalue weighted by Gasteiger charge is 2.11. The minimum atomic E-state index is -1.09. The van der Waals surface area contributed by atoms with E-state index in [1.807, 2.05) is 6.92 Å². The van der Waals surface area contributed by atoms with Crippen LogP contribution in [0.15, 0.2) is 18.2 Å². The summed E-state index contributed by atoms with van der Waals surface area (Å²) in [6, 6.07) is 3.96. The number of amides is 2. The number of carbonyl (C=O) groups is 2. The predicted molar refractivity (Wildman–Crippen MR) is 79.6 cm³/mol. The van der Waals surface area contributed by atoms with Gasteiger partial charge in [0.05, 0.1) is 5.56 Å². The van der Waals surface area contributed by atoms with Crippen LogP contribution in [0.5, 0.6) is 0 Å². The maximum atomic E-state index is 11.8. The number of rotatable bonds is 6. The Kier molecular flexibility index (Phi) is 6.31. The van der Waals surface area contributed by atoms with Crippen LogP contribution in [0.4, 0.5) is 10.5 Å². The summed E-state index contributed by atoms with van der Waals surface area (Å²) < 4.78 is 0.